The van der Waals surface area contributed by atoms with Crippen molar-refractivity contribution >= 4 is 17.3 Å². The predicted molar refractivity (Wildman–Crippen MR) is 102 cm³/mol. The van der Waals surface area contributed by atoms with Gasteiger partial charge in [-0.25, -0.2) is 0 Å². The first-order valence-corrected chi connectivity index (χ1v) is 9.55. The Bertz CT molecular complexity index is 824. The van der Waals surface area contributed by atoms with E-state index in [4.69, 9.17) is 10.2 Å². The molecule has 29 heavy (non-hydrogen) atoms. The quantitative estimate of drug-likeness (QED) is 0.696. The first-order valence-electron chi connectivity index (χ1n) is 9.55. The second-order valence-electron chi connectivity index (χ2n) is 7.78. The number of hydrogen-bond acceptors (Lipinski definition) is 7. The van der Waals surface area contributed by atoms with Gasteiger partial charge < -0.3 is 25.5 Å². The Morgan fingerprint density at radius 2 is 2.07 bits per heavy atom. The van der Waals surface area contributed by atoms with E-state index >= 15 is 0 Å². The van der Waals surface area contributed by atoms with Crippen LogP contribution < -0.4 is 16.0 Å². The summed E-state index contributed by atoms with van der Waals surface area (Å²) in [7, 11) is 0. The second-order valence-corrected chi connectivity index (χ2v) is 7.78. The van der Waals surface area contributed by atoms with Crippen LogP contribution in [-0.4, -0.2) is 59.5 Å². The molecule has 2 atom stereocenters. The fraction of sp³-hybridized carbons (Fsp3) is 0.526. The van der Waals surface area contributed by atoms with Crippen molar-refractivity contribution in [1.29, 1.82) is 0 Å². The number of piperidine rings is 1. The van der Waals surface area contributed by atoms with E-state index in [2.05, 4.69) is 10.3 Å². The van der Waals surface area contributed by atoms with E-state index in [1.807, 2.05) is 4.90 Å². The molecule has 0 amide bonds. The maximum atomic E-state index is 13.4. The Kier molecular flexibility index (Phi) is 5.41. The highest BCUT2D eigenvalue weighted by Crippen LogP contribution is 2.37. The van der Waals surface area contributed by atoms with Crippen molar-refractivity contribution in [2.75, 3.05) is 36.4 Å². The predicted octanol–water partition coefficient (Wildman–Crippen LogP) is 2.31. The summed E-state index contributed by atoms with van der Waals surface area (Å²) in [6.07, 6.45) is -1.59. The Balaban J connectivity index is 1.62. The minimum atomic E-state index is -4.30. The normalized spacial score (nSPS) is 23.8. The summed E-state index contributed by atoms with van der Waals surface area (Å²) < 4.78 is 45.5. The van der Waals surface area contributed by atoms with Crippen molar-refractivity contribution in [3.63, 3.8) is 0 Å². The number of furan rings is 1. The monoisotopic (exact) mass is 411 g/mol. The number of hydrogen-bond donors (Lipinski definition) is 3. The van der Waals surface area contributed by atoms with Crippen molar-refractivity contribution in [1.82, 2.24) is 9.88 Å². The number of likely N-dealkylation sites (tertiary alicyclic amines) is 1. The maximum Gasteiger partial charge on any atom is 0.393 e. The molecule has 0 spiro atoms. The average Bonchev–Trinajstić information content (AvgIpc) is 3.13. The molecular weight excluding hydrogens is 387 g/mol. The van der Waals surface area contributed by atoms with Gasteiger partial charge in [0.15, 0.2) is 5.88 Å². The van der Waals surface area contributed by atoms with Crippen LogP contribution in [0.25, 0.3) is 0 Å². The van der Waals surface area contributed by atoms with Crippen LogP contribution in [0.2, 0.25) is 0 Å². The molecule has 0 aromatic carbocycles. The largest absolute Gasteiger partial charge is 0.449 e. The van der Waals surface area contributed by atoms with Gasteiger partial charge in [-0.15, -0.1) is 0 Å². The third-order valence-electron chi connectivity index (χ3n) is 5.33. The Labute approximate surface area is 166 Å². The van der Waals surface area contributed by atoms with E-state index in [0.717, 1.165) is 5.69 Å². The van der Waals surface area contributed by atoms with Crippen LogP contribution >= 0.6 is 0 Å². The van der Waals surface area contributed by atoms with Crippen molar-refractivity contribution in [2.45, 2.75) is 31.3 Å². The Morgan fingerprint density at radius 3 is 2.72 bits per heavy atom. The van der Waals surface area contributed by atoms with Gasteiger partial charge in [-0.3, -0.25) is 9.88 Å². The summed E-state index contributed by atoms with van der Waals surface area (Å²) >= 11 is 0. The van der Waals surface area contributed by atoms with E-state index in [9.17, 15) is 18.3 Å². The molecule has 158 valence electrons. The number of anilines is 3. The number of β-amino-alcohol motifs (C(OH)–C–C–N with tert-alkyl or cyclic N) is 1. The van der Waals surface area contributed by atoms with Gasteiger partial charge in [-0.1, -0.05) is 0 Å². The number of nitrogens with zero attached hydrogens (tertiary/aromatic N) is 3. The molecule has 2 unspecified atom stereocenters. The van der Waals surface area contributed by atoms with Crippen LogP contribution in [0.1, 0.15) is 12.1 Å². The van der Waals surface area contributed by atoms with Crippen LogP contribution in [0.4, 0.5) is 30.4 Å². The molecule has 2 fully saturated rings. The van der Waals surface area contributed by atoms with Gasteiger partial charge in [-0.2, -0.15) is 13.2 Å². The van der Waals surface area contributed by atoms with Crippen LogP contribution in [0, 0.1) is 5.92 Å². The van der Waals surface area contributed by atoms with Crippen LogP contribution in [0.3, 0.4) is 0 Å². The molecule has 2 aromatic rings. The number of halogens is 3. The maximum absolute atomic E-state index is 13.4. The number of nitrogens with one attached hydrogen (secondary N) is 1. The molecule has 4 rings (SSSR count). The van der Waals surface area contributed by atoms with Gasteiger partial charge in [0.25, 0.3) is 0 Å². The van der Waals surface area contributed by atoms with Gasteiger partial charge in [0, 0.05) is 44.8 Å². The molecule has 2 aliphatic rings. The Morgan fingerprint density at radius 1 is 1.28 bits per heavy atom. The first-order chi connectivity index (χ1) is 13.8. The molecule has 0 bridgehead atoms. The molecule has 10 heteroatoms. The molecule has 7 nitrogen and oxygen atoms in total. The standard InChI is InChI=1S/C19H24F3N5O2/c20-19(21,22)12-4-13(23)8-27(7-12)17-5-14(9-26-10-15(28)11-26)24-6-16(17)25-18-2-1-3-29-18/h1-3,5-6,12-13,15,25,28H,4,7-11,23H2. The molecule has 4 heterocycles. The van der Waals surface area contributed by atoms with Gasteiger partial charge >= 0.3 is 6.18 Å². The summed E-state index contributed by atoms with van der Waals surface area (Å²) in [6, 6.07) is 4.66. The fourth-order valence-corrected chi connectivity index (χ4v) is 3.89. The summed E-state index contributed by atoms with van der Waals surface area (Å²) in [5, 5.41) is 12.6. The molecule has 2 aliphatic heterocycles. The van der Waals surface area contributed by atoms with Crippen LogP contribution in [-0.2, 0) is 6.54 Å². The number of alkyl halides is 3. The molecular formula is C19H24F3N5O2. The van der Waals surface area contributed by atoms with Gasteiger partial charge in [0.1, 0.15) is 0 Å². The lowest BCUT2D eigenvalue weighted by molar-refractivity contribution is -0.177. The molecule has 0 saturated carbocycles. The number of aliphatic hydroxyl groups excluding tert-OH is 1. The van der Waals surface area contributed by atoms with E-state index in [-0.39, 0.29) is 19.1 Å². The zero-order valence-corrected chi connectivity index (χ0v) is 15.8. The molecule has 4 N–H and O–H groups in total. The summed E-state index contributed by atoms with van der Waals surface area (Å²) in [6.45, 7) is 1.82. The minimum absolute atomic E-state index is 0.0788. The van der Waals surface area contributed by atoms with Crippen molar-refractivity contribution < 1.29 is 22.7 Å². The van der Waals surface area contributed by atoms with E-state index in [1.54, 1.807) is 29.3 Å². The van der Waals surface area contributed by atoms with Crippen molar-refractivity contribution in [3.05, 3.63) is 36.4 Å². The highest BCUT2D eigenvalue weighted by atomic mass is 19.4. The highest BCUT2D eigenvalue weighted by Gasteiger charge is 2.44. The SMILES string of the molecule is NC1CC(C(F)(F)F)CN(c2cc(CN3CC(O)C3)ncc2Nc2ccco2)C1. The lowest BCUT2D eigenvalue weighted by atomic mass is 9.93. The number of nitrogens with two attached hydrogens (primary N) is 1. The summed E-state index contributed by atoms with van der Waals surface area (Å²) in [4.78, 5) is 8.14. The Hall–Kier alpha value is -2.30. The summed E-state index contributed by atoms with van der Waals surface area (Å²) in [5.74, 6) is -1.01. The lowest BCUT2D eigenvalue weighted by Crippen LogP contribution is -2.51. The molecule has 0 aliphatic carbocycles. The van der Waals surface area contributed by atoms with Crippen LogP contribution in [0.15, 0.2) is 35.1 Å². The number of pyridine rings is 1. The van der Waals surface area contributed by atoms with Crippen molar-refractivity contribution in [3.8, 4) is 0 Å². The van der Waals surface area contributed by atoms with Crippen LogP contribution in [0.5, 0.6) is 0 Å². The smallest absolute Gasteiger partial charge is 0.393 e. The fourth-order valence-electron chi connectivity index (χ4n) is 3.89. The van der Waals surface area contributed by atoms with Gasteiger partial charge in [0.2, 0.25) is 0 Å². The number of aromatic nitrogens is 1. The van der Waals surface area contributed by atoms with E-state index in [1.165, 1.54) is 6.26 Å². The van der Waals surface area contributed by atoms with Gasteiger partial charge in [0.05, 0.1) is 41.6 Å². The zero-order chi connectivity index (χ0) is 20.6. The van der Waals surface area contributed by atoms with Gasteiger partial charge in [-0.05, 0) is 18.6 Å². The molecule has 2 saturated heterocycles. The summed E-state index contributed by atoms with van der Waals surface area (Å²) in [5.41, 5.74) is 7.86. The zero-order valence-electron chi connectivity index (χ0n) is 15.8. The second kappa shape index (κ2) is 7.85. The van der Waals surface area contributed by atoms with E-state index in [0.29, 0.717) is 43.4 Å². The third kappa shape index (κ3) is 4.65. The molecule has 0 radical (unpaired) electrons. The molecule has 2 aromatic heterocycles. The minimum Gasteiger partial charge on any atom is -0.449 e. The third-order valence-corrected chi connectivity index (χ3v) is 5.33. The first kappa shape index (κ1) is 20.0. The van der Waals surface area contributed by atoms with Crippen molar-refractivity contribution in [2.24, 2.45) is 11.7 Å². The topological polar surface area (TPSA) is 90.8 Å². The van der Waals surface area contributed by atoms with E-state index < -0.39 is 18.1 Å². The lowest BCUT2D eigenvalue weighted by Gasteiger charge is -2.39. The highest BCUT2D eigenvalue weighted by molar-refractivity contribution is 5.73. The average molecular weight is 411 g/mol. The number of rotatable bonds is 5. The number of aliphatic hydroxyl groups is 1.